The Morgan fingerprint density at radius 3 is 2.00 bits per heavy atom. The van der Waals surface area contributed by atoms with E-state index in [1.54, 1.807) is 72.8 Å². The van der Waals surface area contributed by atoms with Crippen molar-refractivity contribution < 1.29 is 18.4 Å². The van der Waals surface area contributed by atoms with Gasteiger partial charge in [-0.3, -0.25) is 20.6 Å². The van der Waals surface area contributed by atoms with Crippen LogP contribution in [0, 0.1) is 0 Å². The molecule has 3 aromatic rings. The first-order valence-corrected chi connectivity index (χ1v) is 9.95. The molecule has 1 heterocycles. The van der Waals surface area contributed by atoms with Crippen LogP contribution in [0.1, 0.15) is 10.4 Å². The van der Waals surface area contributed by atoms with Gasteiger partial charge < -0.3 is 14.8 Å². The van der Waals surface area contributed by atoms with Gasteiger partial charge in [0.25, 0.3) is 5.91 Å². The van der Waals surface area contributed by atoms with Gasteiger partial charge in [0, 0.05) is 12.4 Å². The first-order chi connectivity index (χ1) is 14.0. The number of amides is 1. The van der Waals surface area contributed by atoms with Gasteiger partial charge in [0.1, 0.15) is 11.5 Å². The van der Waals surface area contributed by atoms with Gasteiger partial charge >= 0.3 is 7.75 Å². The molecule has 0 saturated heterocycles. The van der Waals surface area contributed by atoms with Gasteiger partial charge in [-0.1, -0.05) is 36.4 Å². The molecule has 0 aliphatic carbocycles. The molecule has 10 heteroatoms. The number of para-hydroxylation sites is 2. The highest BCUT2D eigenvalue weighted by Gasteiger charge is 2.29. The number of pyridine rings is 1. The summed E-state index contributed by atoms with van der Waals surface area (Å²) in [7, 11) is -4.11. The molecule has 0 radical (unpaired) electrons. The first kappa shape index (κ1) is 19.9. The van der Waals surface area contributed by atoms with Crippen LogP contribution in [0.4, 0.5) is 0 Å². The molecule has 0 saturated carbocycles. The van der Waals surface area contributed by atoms with E-state index in [0.29, 0.717) is 5.56 Å². The Balaban J connectivity index is 1.75. The Labute approximate surface area is 167 Å². The number of nitrogens with two attached hydrogens (primary N) is 1. The fourth-order valence-corrected chi connectivity index (χ4v) is 3.34. The fourth-order valence-electron chi connectivity index (χ4n) is 2.14. The van der Waals surface area contributed by atoms with Crippen LogP contribution in [0.2, 0.25) is 0 Å². The van der Waals surface area contributed by atoms with Crippen molar-refractivity contribution in [2.45, 2.75) is 0 Å². The number of carbonyl (C=O) groups excluding carboxylic acids is 1. The summed E-state index contributed by atoms with van der Waals surface area (Å²) in [6, 6.07) is 20.0. The topological polar surface area (TPSA) is 128 Å². The molecular formula is C19H18N5O4P. The number of nitrogens with one attached hydrogen (secondary N) is 2. The number of hydrogen-bond donors (Lipinski definition) is 3. The summed E-state index contributed by atoms with van der Waals surface area (Å²) >= 11 is 0. The van der Waals surface area contributed by atoms with Gasteiger partial charge in [-0.05, 0) is 36.4 Å². The lowest BCUT2D eigenvalue weighted by atomic mass is 10.3. The average Bonchev–Trinajstić information content (AvgIpc) is 2.74. The fraction of sp³-hybridized carbons (Fsp3) is 0. The van der Waals surface area contributed by atoms with Gasteiger partial charge in [0.05, 0.1) is 5.56 Å². The van der Waals surface area contributed by atoms with E-state index in [-0.39, 0.29) is 17.5 Å². The summed E-state index contributed by atoms with van der Waals surface area (Å²) < 4.78 is 28.0. The third-order valence-electron chi connectivity index (χ3n) is 3.39. The Morgan fingerprint density at radius 2 is 1.48 bits per heavy atom. The molecular weight excluding hydrogens is 393 g/mol. The van der Waals surface area contributed by atoms with Crippen molar-refractivity contribution in [3.05, 3.63) is 90.8 Å². The van der Waals surface area contributed by atoms with Gasteiger partial charge in [0.15, 0.2) is 0 Å². The van der Waals surface area contributed by atoms with E-state index in [2.05, 4.69) is 20.6 Å². The second-order valence-corrected chi connectivity index (χ2v) is 7.09. The van der Waals surface area contributed by atoms with Crippen molar-refractivity contribution in [3.63, 3.8) is 0 Å². The Hall–Kier alpha value is -3.84. The number of nitrogens with zero attached hydrogens (tertiary/aromatic N) is 2. The van der Waals surface area contributed by atoms with Crippen molar-refractivity contribution >= 4 is 19.6 Å². The maximum absolute atomic E-state index is 13.2. The number of rotatable bonds is 6. The van der Waals surface area contributed by atoms with E-state index >= 15 is 0 Å². The number of hydrogen-bond acceptors (Lipinski definition) is 5. The second kappa shape index (κ2) is 9.38. The molecule has 148 valence electrons. The number of guanidine groups is 1. The highest BCUT2D eigenvalue weighted by molar-refractivity contribution is 7.53. The molecule has 4 N–H and O–H groups in total. The normalized spacial score (nSPS) is 11.4. The molecule has 2 aromatic carbocycles. The lowest BCUT2D eigenvalue weighted by molar-refractivity contribution is 0.0943. The van der Waals surface area contributed by atoms with Crippen molar-refractivity contribution in [2.24, 2.45) is 10.5 Å². The van der Waals surface area contributed by atoms with Crippen LogP contribution in [0.25, 0.3) is 0 Å². The number of aromatic nitrogens is 1. The molecule has 1 aromatic heterocycles. The van der Waals surface area contributed by atoms with Crippen molar-refractivity contribution in [2.75, 3.05) is 0 Å². The lowest BCUT2D eigenvalue weighted by Crippen LogP contribution is -2.45. The minimum Gasteiger partial charge on any atom is -0.399 e. The smallest absolute Gasteiger partial charge is 0.399 e. The largest absolute Gasteiger partial charge is 0.566 e. The summed E-state index contributed by atoms with van der Waals surface area (Å²) in [5, 5.41) is 0. The van der Waals surface area contributed by atoms with Gasteiger partial charge in [0.2, 0.25) is 5.96 Å². The standard InChI is InChI=1S/C19H18N5O4P/c20-19(23-22-18(25)15-8-7-13-21-14-15)24-29(26,27-16-9-3-1-4-10-16)28-17-11-5-2-6-12-17/h1-14H,(H,22,25)(H3,20,23,24,26). The van der Waals surface area contributed by atoms with Crippen LogP contribution >= 0.6 is 7.75 Å². The third-order valence-corrected chi connectivity index (χ3v) is 4.73. The van der Waals surface area contributed by atoms with E-state index in [9.17, 15) is 9.36 Å². The van der Waals surface area contributed by atoms with Crippen LogP contribution in [0.3, 0.4) is 0 Å². The quantitative estimate of drug-likeness (QED) is 0.246. The highest BCUT2D eigenvalue weighted by Crippen LogP contribution is 2.49. The predicted octanol–water partition coefficient (Wildman–Crippen LogP) is 2.90. The van der Waals surface area contributed by atoms with Gasteiger partial charge in [-0.25, -0.2) is 4.57 Å². The molecule has 0 unspecified atom stereocenters. The maximum atomic E-state index is 13.2. The second-order valence-electron chi connectivity index (χ2n) is 5.58. The molecule has 0 atom stereocenters. The van der Waals surface area contributed by atoms with Crippen LogP contribution in [0.15, 0.2) is 90.0 Å². The first-order valence-electron chi connectivity index (χ1n) is 8.45. The van der Waals surface area contributed by atoms with Crippen LogP contribution in [-0.2, 0) is 4.57 Å². The minimum atomic E-state index is -4.11. The Bertz CT molecular complexity index is 971. The van der Waals surface area contributed by atoms with Gasteiger partial charge in [-0.15, -0.1) is 4.76 Å². The van der Waals surface area contributed by atoms with Crippen molar-refractivity contribution in [1.29, 1.82) is 0 Å². The molecule has 1 amide bonds. The zero-order chi connectivity index (χ0) is 20.5. The monoisotopic (exact) mass is 411 g/mol. The molecule has 0 bridgehead atoms. The average molecular weight is 411 g/mol. The number of benzene rings is 2. The van der Waals surface area contributed by atoms with E-state index < -0.39 is 13.7 Å². The predicted molar refractivity (Wildman–Crippen MR) is 108 cm³/mol. The van der Waals surface area contributed by atoms with Crippen molar-refractivity contribution in [1.82, 2.24) is 15.8 Å². The zero-order valence-corrected chi connectivity index (χ0v) is 16.0. The van der Waals surface area contributed by atoms with Crippen LogP contribution < -0.4 is 25.6 Å². The van der Waals surface area contributed by atoms with Crippen LogP contribution in [0.5, 0.6) is 11.5 Å². The SMILES string of the molecule is N/C(=N\P(=O)(Oc1ccccc1)Oc1ccccc1)NNC(=O)c1cccnc1. The molecule has 9 nitrogen and oxygen atoms in total. The molecule has 3 rings (SSSR count). The Morgan fingerprint density at radius 1 is 0.897 bits per heavy atom. The Kier molecular flexibility index (Phi) is 6.44. The van der Waals surface area contributed by atoms with Crippen LogP contribution in [-0.4, -0.2) is 16.9 Å². The summed E-state index contributed by atoms with van der Waals surface area (Å²) in [6.07, 6.45) is 2.92. The third kappa shape index (κ3) is 6.08. The zero-order valence-electron chi connectivity index (χ0n) is 15.1. The number of carbonyl (C=O) groups is 1. The van der Waals surface area contributed by atoms with Crippen molar-refractivity contribution in [3.8, 4) is 11.5 Å². The van der Waals surface area contributed by atoms with E-state index in [4.69, 9.17) is 14.8 Å². The summed E-state index contributed by atoms with van der Waals surface area (Å²) in [5.41, 5.74) is 10.8. The van der Waals surface area contributed by atoms with Gasteiger partial charge in [-0.2, -0.15) is 0 Å². The minimum absolute atomic E-state index is 0.280. The van der Waals surface area contributed by atoms with E-state index in [0.717, 1.165) is 0 Å². The molecule has 29 heavy (non-hydrogen) atoms. The lowest BCUT2D eigenvalue weighted by Gasteiger charge is -2.16. The van der Waals surface area contributed by atoms with E-state index in [1.165, 1.54) is 12.4 Å². The highest BCUT2D eigenvalue weighted by atomic mass is 31.2. The molecule has 0 aliphatic rings. The number of hydrazine groups is 1. The molecule has 0 spiro atoms. The molecule has 0 aliphatic heterocycles. The maximum Gasteiger partial charge on any atom is 0.566 e. The van der Waals surface area contributed by atoms with E-state index in [1.807, 2.05) is 0 Å². The molecule has 0 fully saturated rings. The summed E-state index contributed by atoms with van der Waals surface area (Å²) in [5.74, 6) is -0.304. The summed E-state index contributed by atoms with van der Waals surface area (Å²) in [4.78, 5) is 15.9. The summed E-state index contributed by atoms with van der Waals surface area (Å²) in [6.45, 7) is 0.